The second kappa shape index (κ2) is 13.2. The minimum absolute atomic E-state index is 0.0775. The lowest BCUT2D eigenvalue weighted by Gasteiger charge is -2.39. The van der Waals surface area contributed by atoms with Gasteiger partial charge >= 0.3 is 6.09 Å². The van der Waals surface area contributed by atoms with Crippen LogP contribution in [0.15, 0.2) is 23.4 Å². The van der Waals surface area contributed by atoms with Crippen LogP contribution in [0.5, 0.6) is 0 Å². The number of ether oxygens (including phenoxy) is 2. The monoisotopic (exact) mass is 714 g/mol. The number of likely N-dealkylation sites (tertiary alicyclic amines) is 1. The Kier molecular flexibility index (Phi) is 9.08. The second-order valence-corrected chi connectivity index (χ2v) is 16.1. The van der Waals surface area contributed by atoms with Crippen LogP contribution in [0.2, 0.25) is 0 Å². The molecule has 0 radical (unpaired) electrons. The fourth-order valence-electron chi connectivity index (χ4n) is 7.66. The summed E-state index contributed by atoms with van der Waals surface area (Å²) in [6, 6.07) is 5.52. The number of benzene rings is 2. The molecule has 0 N–H and O–H groups in total. The molecule has 5 heterocycles. The maximum Gasteiger partial charge on any atom is 0.410 e. The predicted molar refractivity (Wildman–Crippen MR) is 192 cm³/mol. The number of pyridine rings is 1. The van der Waals surface area contributed by atoms with E-state index in [-0.39, 0.29) is 29.2 Å². The summed E-state index contributed by atoms with van der Waals surface area (Å²) in [7, 11) is -1.61. The molecule has 0 aliphatic carbocycles. The summed E-state index contributed by atoms with van der Waals surface area (Å²) in [4.78, 5) is 19.4. The Morgan fingerprint density at radius 2 is 1.88 bits per heavy atom. The Labute approximate surface area is 298 Å². The third kappa shape index (κ3) is 6.14. The fraction of sp³-hybridized carbons (Fsp3) is 0.514. The molecule has 0 bridgehead atoms. The summed E-state index contributed by atoms with van der Waals surface area (Å²) in [6.07, 6.45) is 6.60. The van der Waals surface area contributed by atoms with Gasteiger partial charge in [-0.05, 0) is 108 Å². The van der Waals surface area contributed by atoms with Gasteiger partial charge in [0, 0.05) is 35.7 Å². The van der Waals surface area contributed by atoms with E-state index in [9.17, 15) is 14.3 Å². The van der Waals surface area contributed by atoms with E-state index in [4.69, 9.17) is 14.6 Å². The zero-order valence-corrected chi connectivity index (χ0v) is 30.9. The van der Waals surface area contributed by atoms with E-state index in [1.54, 1.807) is 15.8 Å². The predicted octanol–water partition coefficient (Wildman–Crippen LogP) is 7.35. The Morgan fingerprint density at radius 1 is 1.10 bits per heavy atom. The van der Waals surface area contributed by atoms with Gasteiger partial charge in [0.25, 0.3) is 0 Å². The summed E-state index contributed by atoms with van der Waals surface area (Å²) >= 11 is 0. The number of rotatable bonds is 5. The lowest BCUT2D eigenvalue weighted by atomic mass is 9.89. The molecule has 7 rings (SSSR count). The highest BCUT2D eigenvalue weighted by Gasteiger charge is 2.37. The highest BCUT2D eigenvalue weighted by Crippen LogP contribution is 2.43. The highest BCUT2D eigenvalue weighted by atomic mass is 32.2. The van der Waals surface area contributed by atoms with Crippen LogP contribution in [-0.4, -0.2) is 76.0 Å². The molecule has 268 valence electrons. The quantitative estimate of drug-likeness (QED) is 0.183. The van der Waals surface area contributed by atoms with Gasteiger partial charge in [-0.15, -0.1) is 5.10 Å². The van der Waals surface area contributed by atoms with Crippen molar-refractivity contribution in [3.8, 4) is 17.2 Å². The van der Waals surface area contributed by atoms with Crippen LogP contribution >= 0.6 is 0 Å². The van der Waals surface area contributed by atoms with Crippen LogP contribution in [0.3, 0.4) is 0 Å². The number of hydrogen-bond donors (Lipinski definition) is 0. The summed E-state index contributed by atoms with van der Waals surface area (Å²) < 4.78 is 45.9. The molecule has 5 aromatic rings. The van der Waals surface area contributed by atoms with E-state index in [0.29, 0.717) is 53.5 Å². The third-order valence-electron chi connectivity index (χ3n) is 10.2. The maximum atomic E-state index is 17.3. The SMILES string of the molecule is Cc1cc2c(cnn2C2CCCCO2)c(-c2c(C)cc3c(nc(S(C)=O)c4nnn([C@H]5CCN(C(=O)OC(C)(C)C)[C@H](CC#N)C5)c43)c2F)c1C. The summed E-state index contributed by atoms with van der Waals surface area (Å²) in [5.74, 6) is -0.523. The van der Waals surface area contributed by atoms with E-state index in [2.05, 4.69) is 27.4 Å². The summed E-state index contributed by atoms with van der Waals surface area (Å²) in [6.45, 7) is 12.3. The number of aromatic nitrogens is 6. The smallest absolute Gasteiger partial charge is 0.410 e. The lowest BCUT2D eigenvalue weighted by Crippen LogP contribution is -2.48. The van der Waals surface area contributed by atoms with Crippen LogP contribution in [0.1, 0.15) is 88.3 Å². The number of fused-ring (bicyclic) bond motifs is 4. The molecular formula is C37H43FN8O4S. The van der Waals surface area contributed by atoms with Crippen molar-refractivity contribution in [1.82, 2.24) is 34.7 Å². The van der Waals surface area contributed by atoms with Gasteiger partial charge in [0.05, 0.1) is 47.1 Å². The van der Waals surface area contributed by atoms with Gasteiger partial charge in [-0.2, -0.15) is 10.4 Å². The minimum atomic E-state index is -1.61. The molecule has 3 aromatic heterocycles. The largest absolute Gasteiger partial charge is 0.444 e. The average molecular weight is 715 g/mol. The minimum Gasteiger partial charge on any atom is -0.444 e. The van der Waals surface area contributed by atoms with Gasteiger partial charge in [0.2, 0.25) is 0 Å². The van der Waals surface area contributed by atoms with Gasteiger partial charge in [0.1, 0.15) is 22.2 Å². The number of halogens is 1. The van der Waals surface area contributed by atoms with Crippen LogP contribution in [0.4, 0.5) is 9.18 Å². The normalized spacial score (nSPS) is 20.6. The Balaban J connectivity index is 1.38. The molecule has 0 spiro atoms. The first kappa shape index (κ1) is 34.9. The van der Waals surface area contributed by atoms with Gasteiger partial charge in [-0.25, -0.2) is 23.5 Å². The first-order chi connectivity index (χ1) is 24.3. The summed E-state index contributed by atoms with van der Waals surface area (Å²) in [5.41, 5.74) is 4.92. The van der Waals surface area contributed by atoms with Crippen molar-refractivity contribution >= 4 is 49.7 Å². The van der Waals surface area contributed by atoms with E-state index in [0.717, 1.165) is 46.9 Å². The van der Waals surface area contributed by atoms with Crippen molar-refractivity contribution in [1.29, 1.82) is 5.26 Å². The van der Waals surface area contributed by atoms with Gasteiger partial charge in [0.15, 0.2) is 17.1 Å². The van der Waals surface area contributed by atoms with Crippen molar-refractivity contribution < 1.29 is 22.9 Å². The van der Waals surface area contributed by atoms with Crippen molar-refractivity contribution in [2.24, 2.45) is 0 Å². The van der Waals surface area contributed by atoms with E-state index in [1.165, 1.54) is 6.26 Å². The third-order valence-corrected chi connectivity index (χ3v) is 11.0. The second-order valence-electron chi connectivity index (χ2n) is 14.8. The van der Waals surface area contributed by atoms with Crippen molar-refractivity contribution in [2.75, 3.05) is 19.4 Å². The molecule has 2 unspecified atom stereocenters. The topological polar surface area (TPSA) is 141 Å². The average Bonchev–Trinajstić information content (AvgIpc) is 3.71. The maximum absolute atomic E-state index is 17.3. The molecule has 2 aliphatic heterocycles. The number of hydrogen-bond acceptors (Lipinski definition) is 9. The van der Waals surface area contributed by atoms with Crippen molar-refractivity contribution in [3.63, 3.8) is 0 Å². The van der Waals surface area contributed by atoms with Crippen molar-refractivity contribution in [2.45, 2.75) is 109 Å². The molecule has 2 aliphatic rings. The van der Waals surface area contributed by atoms with Crippen LogP contribution < -0.4 is 0 Å². The van der Waals surface area contributed by atoms with Gasteiger partial charge in [-0.3, -0.25) is 4.21 Å². The zero-order valence-electron chi connectivity index (χ0n) is 30.1. The molecule has 2 aromatic carbocycles. The number of carbonyl (C=O) groups excluding carboxylic acids is 1. The standard InChI is InChI=1S/C37H43FN8O4S/c1-20-17-27-26(19-40-46(27)28-10-8-9-15-49-28)30(22(20)3)29-21(2)16-25-32(31(29)38)41-35(51(7)48)33-34(25)45(43-42-33)24-12-14-44(23(18-24)11-13-39)36(47)50-37(4,5)6/h16-17,19,23-24,28H,8-12,14-15,18H2,1-7H3/t23-,24+,28?,51?/m1/s1. The van der Waals surface area contributed by atoms with E-state index in [1.807, 2.05) is 52.3 Å². The summed E-state index contributed by atoms with van der Waals surface area (Å²) in [5, 5.41) is 24.8. The molecule has 14 heteroatoms. The van der Waals surface area contributed by atoms with Crippen LogP contribution in [-0.2, 0) is 20.3 Å². The van der Waals surface area contributed by atoms with Crippen molar-refractivity contribution in [3.05, 3.63) is 40.8 Å². The Bertz CT molecular complexity index is 2260. The number of nitrogens with zero attached hydrogens (tertiary/aromatic N) is 8. The Hall–Kier alpha value is -4.48. The molecule has 4 atom stereocenters. The van der Waals surface area contributed by atoms with Gasteiger partial charge in [-0.1, -0.05) is 5.21 Å². The fourth-order valence-corrected chi connectivity index (χ4v) is 8.29. The highest BCUT2D eigenvalue weighted by molar-refractivity contribution is 7.84. The first-order valence-electron chi connectivity index (χ1n) is 17.5. The number of piperidine rings is 1. The van der Waals surface area contributed by atoms with Crippen LogP contribution in [0.25, 0.3) is 44.0 Å². The number of carbonyl (C=O) groups is 1. The first-order valence-corrected chi connectivity index (χ1v) is 19.0. The molecule has 51 heavy (non-hydrogen) atoms. The van der Waals surface area contributed by atoms with Gasteiger partial charge < -0.3 is 14.4 Å². The molecule has 1 amide bonds. The Morgan fingerprint density at radius 3 is 2.57 bits per heavy atom. The van der Waals surface area contributed by atoms with E-state index >= 15 is 4.39 Å². The lowest BCUT2D eigenvalue weighted by molar-refractivity contribution is -0.0366. The molecule has 0 saturated carbocycles. The molecule has 12 nitrogen and oxygen atoms in total. The number of aryl methyl sites for hydroxylation is 2. The molecule has 2 saturated heterocycles. The molecule has 2 fully saturated rings. The zero-order chi connectivity index (χ0) is 36.4. The number of amides is 1. The molecular weight excluding hydrogens is 672 g/mol. The number of nitriles is 1. The van der Waals surface area contributed by atoms with E-state index < -0.39 is 34.4 Å². The van der Waals surface area contributed by atoms with Crippen LogP contribution in [0, 0.1) is 37.9 Å².